The molecule has 144 valence electrons. The molecule has 8 heteroatoms. The van der Waals surface area contributed by atoms with Crippen LogP contribution in [0, 0.1) is 0 Å². The number of ether oxygens (including phenoxy) is 2. The van der Waals surface area contributed by atoms with Crippen LogP contribution >= 0.6 is 0 Å². The number of aromatic nitrogens is 4. The van der Waals surface area contributed by atoms with E-state index >= 15 is 0 Å². The van der Waals surface area contributed by atoms with E-state index in [2.05, 4.69) is 4.98 Å². The van der Waals surface area contributed by atoms with E-state index in [0.717, 1.165) is 6.42 Å². The Morgan fingerprint density at radius 3 is 2.35 bits per heavy atom. The summed E-state index contributed by atoms with van der Waals surface area (Å²) >= 11 is 0. The molecule has 2 aromatic heterocycles. The first-order chi connectivity index (χ1) is 12.3. The fourth-order valence-corrected chi connectivity index (χ4v) is 3.61. The van der Waals surface area contributed by atoms with E-state index in [9.17, 15) is 9.59 Å². The lowest BCUT2D eigenvalue weighted by Crippen LogP contribution is -2.41. The maximum Gasteiger partial charge on any atom is 0.332 e. The van der Waals surface area contributed by atoms with E-state index in [-0.39, 0.29) is 23.5 Å². The second-order valence-electron chi connectivity index (χ2n) is 7.34. The van der Waals surface area contributed by atoms with Gasteiger partial charge in [-0.05, 0) is 33.6 Å². The summed E-state index contributed by atoms with van der Waals surface area (Å²) in [6.07, 6.45) is 2.84. The fourth-order valence-electron chi connectivity index (χ4n) is 3.61. The molecule has 1 aliphatic rings. The molecule has 0 amide bonds. The molecular weight excluding hydrogens is 336 g/mol. The number of rotatable bonds is 6. The second kappa shape index (κ2) is 7.00. The van der Waals surface area contributed by atoms with Gasteiger partial charge in [0.05, 0.1) is 19.0 Å². The van der Waals surface area contributed by atoms with Crippen LogP contribution in [0.1, 0.15) is 47.5 Å². The predicted octanol–water partition coefficient (Wildman–Crippen LogP) is 1.72. The zero-order valence-corrected chi connectivity index (χ0v) is 16.2. The maximum absolute atomic E-state index is 13.0. The van der Waals surface area contributed by atoms with E-state index in [1.54, 1.807) is 15.5 Å². The quantitative estimate of drug-likeness (QED) is 0.780. The van der Waals surface area contributed by atoms with E-state index in [1.807, 2.05) is 34.6 Å². The molecule has 26 heavy (non-hydrogen) atoms. The number of fused-ring (bicyclic) bond motifs is 1. The zero-order chi connectivity index (χ0) is 19.1. The fraction of sp³-hybridized carbons (Fsp3) is 0.722. The minimum Gasteiger partial charge on any atom is -0.345 e. The molecule has 8 nitrogen and oxygen atoms in total. The molecule has 2 aromatic rings. The lowest BCUT2D eigenvalue weighted by atomic mass is 10.2. The van der Waals surface area contributed by atoms with Crippen molar-refractivity contribution in [3.8, 4) is 0 Å². The van der Waals surface area contributed by atoms with E-state index in [0.29, 0.717) is 37.2 Å². The van der Waals surface area contributed by atoms with Gasteiger partial charge in [-0.3, -0.25) is 13.9 Å². The minimum absolute atomic E-state index is 0.0955. The molecule has 3 rings (SSSR count). The molecule has 1 fully saturated rings. The third-order valence-electron chi connectivity index (χ3n) is 4.68. The molecule has 1 aliphatic heterocycles. The average molecular weight is 364 g/mol. The summed E-state index contributed by atoms with van der Waals surface area (Å²) in [5.41, 5.74) is 0.320. The van der Waals surface area contributed by atoms with Crippen molar-refractivity contribution in [3.63, 3.8) is 0 Å². The molecule has 0 bridgehead atoms. The SMILES string of the molecule is CCCn1c(=O)c2c(ncn2CC2OC(C)(C)OC2C)n(CCC)c1=O. The van der Waals surface area contributed by atoms with Gasteiger partial charge in [0.15, 0.2) is 17.0 Å². The van der Waals surface area contributed by atoms with Crippen LogP contribution in [-0.2, 0) is 29.1 Å². The summed E-state index contributed by atoms with van der Waals surface area (Å²) in [5, 5.41) is 0. The van der Waals surface area contributed by atoms with Crippen LogP contribution in [0.2, 0.25) is 0 Å². The van der Waals surface area contributed by atoms with Crippen LogP contribution in [0.25, 0.3) is 11.2 Å². The highest BCUT2D eigenvalue weighted by atomic mass is 16.7. The van der Waals surface area contributed by atoms with Gasteiger partial charge < -0.3 is 14.0 Å². The van der Waals surface area contributed by atoms with E-state index < -0.39 is 5.79 Å². The van der Waals surface area contributed by atoms with Crippen molar-refractivity contribution in [1.82, 2.24) is 18.7 Å². The molecule has 0 saturated carbocycles. The summed E-state index contributed by atoms with van der Waals surface area (Å²) in [7, 11) is 0. The molecule has 0 aliphatic carbocycles. The molecule has 1 saturated heterocycles. The Kier molecular flexibility index (Phi) is 5.07. The highest BCUT2D eigenvalue weighted by Gasteiger charge is 2.39. The van der Waals surface area contributed by atoms with Gasteiger partial charge in [-0.1, -0.05) is 13.8 Å². The second-order valence-corrected chi connectivity index (χ2v) is 7.34. The lowest BCUT2D eigenvalue weighted by molar-refractivity contribution is -0.145. The maximum atomic E-state index is 13.0. The minimum atomic E-state index is -0.646. The van der Waals surface area contributed by atoms with Crippen LogP contribution in [0.4, 0.5) is 0 Å². The Bertz CT molecular complexity index is 908. The topological polar surface area (TPSA) is 80.3 Å². The third-order valence-corrected chi connectivity index (χ3v) is 4.68. The van der Waals surface area contributed by atoms with Crippen molar-refractivity contribution in [1.29, 1.82) is 0 Å². The van der Waals surface area contributed by atoms with Crippen LogP contribution in [0.5, 0.6) is 0 Å². The van der Waals surface area contributed by atoms with E-state index in [4.69, 9.17) is 9.47 Å². The number of hydrogen-bond donors (Lipinski definition) is 0. The zero-order valence-electron chi connectivity index (χ0n) is 16.2. The van der Waals surface area contributed by atoms with Crippen molar-refractivity contribution >= 4 is 11.2 Å². The summed E-state index contributed by atoms with van der Waals surface area (Å²) in [6, 6.07) is 0. The summed E-state index contributed by atoms with van der Waals surface area (Å²) in [5.74, 6) is -0.646. The van der Waals surface area contributed by atoms with Crippen molar-refractivity contribution in [2.45, 2.75) is 85.1 Å². The number of hydrogen-bond acceptors (Lipinski definition) is 5. The van der Waals surface area contributed by atoms with Crippen molar-refractivity contribution in [2.24, 2.45) is 0 Å². The smallest absolute Gasteiger partial charge is 0.332 e. The van der Waals surface area contributed by atoms with Crippen molar-refractivity contribution in [2.75, 3.05) is 0 Å². The first-order valence-electron chi connectivity index (χ1n) is 9.33. The predicted molar refractivity (Wildman–Crippen MR) is 98.3 cm³/mol. The normalized spacial score (nSPS) is 22.3. The molecule has 0 spiro atoms. The molecular formula is C18H28N4O4. The highest BCUT2D eigenvalue weighted by Crippen LogP contribution is 2.29. The molecule has 0 radical (unpaired) electrons. The largest absolute Gasteiger partial charge is 0.345 e. The van der Waals surface area contributed by atoms with Gasteiger partial charge in [0.1, 0.15) is 6.10 Å². The van der Waals surface area contributed by atoms with Crippen LogP contribution in [0.3, 0.4) is 0 Å². The Morgan fingerprint density at radius 1 is 1.12 bits per heavy atom. The monoisotopic (exact) mass is 364 g/mol. The van der Waals surface area contributed by atoms with Gasteiger partial charge in [0, 0.05) is 13.1 Å². The Balaban J connectivity index is 2.11. The van der Waals surface area contributed by atoms with Gasteiger partial charge in [-0.15, -0.1) is 0 Å². The lowest BCUT2D eigenvalue weighted by Gasteiger charge is -2.17. The number of imidazole rings is 1. The Hall–Kier alpha value is -1.93. The Labute approximate surface area is 152 Å². The highest BCUT2D eigenvalue weighted by molar-refractivity contribution is 5.70. The summed E-state index contributed by atoms with van der Waals surface area (Å²) in [6.45, 7) is 11.0. The average Bonchev–Trinajstić information content (AvgIpc) is 3.08. The van der Waals surface area contributed by atoms with Gasteiger partial charge in [-0.25, -0.2) is 9.78 Å². The number of nitrogens with zero attached hydrogens (tertiary/aromatic N) is 4. The van der Waals surface area contributed by atoms with E-state index in [1.165, 1.54) is 4.57 Å². The first-order valence-corrected chi connectivity index (χ1v) is 9.33. The molecule has 0 aromatic carbocycles. The van der Waals surface area contributed by atoms with Gasteiger partial charge in [0.2, 0.25) is 0 Å². The summed E-state index contributed by atoms with van der Waals surface area (Å²) < 4.78 is 16.5. The van der Waals surface area contributed by atoms with Crippen LogP contribution < -0.4 is 11.2 Å². The van der Waals surface area contributed by atoms with Crippen LogP contribution in [0.15, 0.2) is 15.9 Å². The number of aryl methyl sites for hydroxylation is 1. The molecule has 3 heterocycles. The molecule has 2 atom stereocenters. The van der Waals surface area contributed by atoms with Gasteiger partial charge in [-0.2, -0.15) is 0 Å². The van der Waals surface area contributed by atoms with Crippen LogP contribution in [-0.4, -0.2) is 36.7 Å². The van der Waals surface area contributed by atoms with Crippen molar-refractivity contribution in [3.05, 3.63) is 27.2 Å². The summed E-state index contributed by atoms with van der Waals surface area (Å²) in [4.78, 5) is 30.1. The Morgan fingerprint density at radius 2 is 1.77 bits per heavy atom. The molecule has 0 N–H and O–H groups in total. The standard InChI is InChI=1S/C18H28N4O4/c1-6-8-21-15-14(16(23)22(9-7-2)17(21)24)20(11-19-15)10-13-12(3)25-18(4,5)26-13/h11-13H,6-10H2,1-5H3. The van der Waals surface area contributed by atoms with Crippen molar-refractivity contribution < 1.29 is 9.47 Å². The van der Waals surface area contributed by atoms with Gasteiger partial charge in [0.25, 0.3) is 5.56 Å². The van der Waals surface area contributed by atoms with Gasteiger partial charge >= 0.3 is 5.69 Å². The first kappa shape index (κ1) is 18.8. The third kappa shape index (κ3) is 3.23. The molecule has 2 unspecified atom stereocenters.